The molecule has 0 radical (unpaired) electrons. The zero-order valence-corrected chi connectivity index (χ0v) is 6.36. The molecule has 0 saturated carbocycles. The summed E-state index contributed by atoms with van der Waals surface area (Å²) < 4.78 is 3.12. The SMILES string of the molecule is CCSNSCC. The Morgan fingerprint density at radius 2 is 1.57 bits per heavy atom. The second-order valence-corrected chi connectivity index (χ2v) is 3.35. The molecule has 0 spiro atoms. The first-order valence-electron chi connectivity index (χ1n) is 2.40. The first-order valence-corrected chi connectivity index (χ1v) is 4.37. The van der Waals surface area contributed by atoms with Gasteiger partial charge in [0.2, 0.25) is 0 Å². The molecule has 3 heteroatoms. The topological polar surface area (TPSA) is 12.0 Å². The highest BCUT2D eigenvalue weighted by Gasteiger charge is 1.77. The summed E-state index contributed by atoms with van der Waals surface area (Å²) in [5.41, 5.74) is 0. The van der Waals surface area contributed by atoms with Crippen LogP contribution in [0.3, 0.4) is 0 Å². The fourth-order valence-electron chi connectivity index (χ4n) is 0.160. The fraction of sp³-hybridized carbons (Fsp3) is 1.00. The van der Waals surface area contributed by atoms with Gasteiger partial charge < -0.3 is 0 Å². The molecule has 0 aromatic rings. The molecule has 0 aliphatic rings. The largest absolute Gasteiger partial charge is 0.208 e. The predicted octanol–water partition coefficient (Wildman–Crippen LogP) is 1.91. The van der Waals surface area contributed by atoms with Gasteiger partial charge in [-0.3, -0.25) is 0 Å². The Morgan fingerprint density at radius 3 is 1.86 bits per heavy atom. The zero-order chi connectivity index (χ0) is 5.54. The molecule has 0 amide bonds. The van der Waals surface area contributed by atoms with Gasteiger partial charge in [0, 0.05) is 11.5 Å². The van der Waals surface area contributed by atoms with Crippen molar-refractivity contribution < 1.29 is 0 Å². The third kappa shape index (κ3) is 6.66. The molecule has 0 rings (SSSR count). The summed E-state index contributed by atoms with van der Waals surface area (Å²) in [7, 11) is 0. The lowest BCUT2D eigenvalue weighted by Crippen LogP contribution is -1.89. The highest BCUT2D eigenvalue weighted by atomic mass is 32.2. The molecule has 7 heavy (non-hydrogen) atoms. The Hall–Kier alpha value is 0.660. The van der Waals surface area contributed by atoms with E-state index in [9.17, 15) is 0 Å². The van der Waals surface area contributed by atoms with Gasteiger partial charge in [0.05, 0.1) is 0 Å². The van der Waals surface area contributed by atoms with E-state index in [-0.39, 0.29) is 0 Å². The van der Waals surface area contributed by atoms with Crippen LogP contribution < -0.4 is 4.13 Å². The van der Waals surface area contributed by atoms with Crippen molar-refractivity contribution in [2.24, 2.45) is 0 Å². The van der Waals surface area contributed by atoms with E-state index in [4.69, 9.17) is 0 Å². The molecule has 0 aliphatic heterocycles. The second kappa shape index (κ2) is 6.66. The van der Waals surface area contributed by atoms with E-state index in [1.807, 2.05) is 0 Å². The number of rotatable bonds is 4. The van der Waals surface area contributed by atoms with Gasteiger partial charge in [-0.25, -0.2) is 4.13 Å². The summed E-state index contributed by atoms with van der Waals surface area (Å²) in [6.45, 7) is 4.27. The standard InChI is InChI=1S/C4H11NS2/c1-3-6-5-7-4-2/h5H,3-4H2,1-2H3. The van der Waals surface area contributed by atoms with Crippen LogP contribution in [0.5, 0.6) is 0 Å². The van der Waals surface area contributed by atoms with Crippen LogP contribution in [0.4, 0.5) is 0 Å². The third-order valence-corrected chi connectivity index (χ3v) is 1.93. The molecule has 0 fully saturated rings. The average molecular weight is 137 g/mol. The Labute approximate surface area is 53.9 Å². The van der Waals surface area contributed by atoms with E-state index < -0.39 is 0 Å². The smallest absolute Gasteiger partial charge is 0.00583 e. The minimum absolute atomic E-state index is 1.15. The molecule has 0 unspecified atom stereocenters. The van der Waals surface area contributed by atoms with Crippen LogP contribution >= 0.6 is 23.9 Å². The third-order valence-electron chi connectivity index (χ3n) is 0.407. The summed E-state index contributed by atoms with van der Waals surface area (Å²) >= 11 is 3.49. The summed E-state index contributed by atoms with van der Waals surface area (Å²) in [4.78, 5) is 0. The quantitative estimate of drug-likeness (QED) is 0.469. The Bertz CT molecular complexity index is 28.9. The van der Waals surface area contributed by atoms with E-state index in [1.165, 1.54) is 0 Å². The van der Waals surface area contributed by atoms with Crippen molar-refractivity contribution in [3.63, 3.8) is 0 Å². The van der Waals surface area contributed by atoms with E-state index >= 15 is 0 Å². The van der Waals surface area contributed by atoms with E-state index in [0.29, 0.717) is 0 Å². The molecule has 0 aromatic carbocycles. The molecule has 0 atom stereocenters. The average Bonchev–Trinajstić information content (AvgIpc) is 1.69. The normalized spacial score (nSPS) is 9.43. The van der Waals surface area contributed by atoms with Crippen LogP contribution in [-0.2, 0) is 0 Å². The molecule has 0 saturated heterocycles. The molecule has 44 valence electrons. The van der Waals surface area contributed by atoms with Crippen LogP contribution in [0.1, 0.15) is 13.8 Å². The number of hydrogen-bond acceptors (Lipinski definition) is 3. The van der Waals surface area contributed by atoms with Crippen LogP contribution in [-0.4, -0.2) is 11.5 Å². The zero-order valence-electron chi connectivity index (χ0n) is 4.73. The van der Waals surface area contributed by atoms with Crippen LogP contribution in [0.2, 0.25) is 0 Å². The lowest BCUT2D eigenvalue weighted by molar-refractivity contribution is 1.47. The Kier molecular flexibility index (Phi) is 7.29. The van der Waals surface area contributed by atoms with E-state index in [1.54, 1.807) is 23.9 Å². The van der Waals surface area contributed by atoms with Gasteiger partial charge in [-0.05, 0) is 0 Å². The first-order chi connectivity index (χ1) is 3.41. The molecule has 0 bridgehead atoms. The Morgan fingerprint density at radius 1 is 1.14 bits per heavy atom. The van der Waals surface area contributed by atoms with Gasteiger partial charge in [0.15, 0.2) is 0 Å². The molecule has 0 aromatic heterocycles. The van der Waals surface area contributed by atoms with Gasteiger partial charge in [-0.15, -0.1) is 0 Å². The van der Waals surface area contributed by atoms with Gasteiger partial charge in [0.25, 0.3) is 0 Å². The van der Waals surface area contributed by atoms with E-state index in [2.05, 4.69) is 18.0 Å². The highest BCUT2D eigenvalue weighted by Crippen LogP contribution is 2.00. The molecule has 1 nitrogen and oxygen atoms in total. The highest BCUT2D eigenvalue weighted by molar-refractivity contribution is 8.12. The number of nitrogens with one attached hydrogen (secondary N) is 1. The lowest BCUT2D eigenvalue weighted by Gasteiger charge is -1.94. The predicted molar refractivity (Wildman–Crippen MR) is 39.4 cm³/mol. The fourth-order valence-corrected chi connectivity index (χ4v) is 1.44. The Balaban J connectivity index is 2.45. The lowest BCUT2D eigenvalue weighted by atomic mass is 11.0. The summed E-state index contributed by atoms with van der Waals surface area (Å²) in [5.74, 6) is 2.29. The van der Waals surface area contributed by atoms with Gasteiger partial charge in [-0.2, -0.15) is 0 Å². The van der Waals surface area contributed by atoms with E-state index in [0.717, 1.165) is 11.5 Å². The summed E-state index contributed by atoms with van der Waals surface area (Å²) in [6, 6.07) is 0. The van der Waals surface area contributed by atoms with Gasteiger partial charge >= 0.3 is 0 Å². The van der Waals surface area contributed by atoms with Crippen molar-refractivity contribution in [2.75, 3.05) is 11.5 Å². The van der Waals surface area contributed by atoms with Crippen molar-refractivity contribution in [3.05, 3.63) is 0 Å². The van der Waals surface area contributed by atoms with Crippen LogP contribution in [0, 0.1) is 0 Å². The van der Waals surface area contributed by atoms with Gasteiger partial charge in [-0.1, -0.05) is 37.7 Å². The first kappa shape index (κ1) is 7.66. The maximum Gasteiger partial charge on any atom is 0.00583 e. The summed E-state index contributed by atoms with van der Waals surface area (Å²) in [5, 5.41) is 0. The molecule has 0 heterocycles. The monoisotopic (exact) mass is 137 g/mol. The summed E-state index contributed by atoms with van der Waals surface area (Å²) in [6.07, 6.45) is 0. The number of hydrogen-bond donors (Lipinski definition) is 1. The molecular formula is C4H11NS2. The minimum Gasteiger partial charge on any atom is -0.208 e. The molecule has 0 aliphatic carbocycles. The van der Waals surface area contributed by atoms with Crippen LogP contribution in [0.15, 0.2) is 0 Å². The van der Waals surface area contributed by atoms with Crippen molar-refractivity contribution >= 4 is 23.9 Å². The van der Waals surface area contributed by atoms with Crippen molar-refractivity contribution in [2.45, 2.75) is 13.8 Å². The van der Waals surface area contributed by atoms with Gasteiger partial charge in [0.1, 0.15) is 0 Å². The van der Waals surface area contributed by atoms with Crippen LogP contribution in [0.25, 0.3) is 0 Å². The minimum atomic E-state index is 1.15. The molecule has 1 N–H and O–H groups in total. The van der Waals surface area contributed by atoms with Crippen molar-refractivity contribution in [3.8, 4) is 0 Å². The van der Waals surface area contributed by atoms with Crippen molar-refractivity contribution in [1.82, 2.24) is 4.13 Å². The maximum atomic E-state index is 3.12. The molecular weight excluding hydrogens is 126 g/mol. The van der Waals surface area contributed by atoms with Crippen molar-refractivity contribution in [1.29, 1.82) is 0 Å². The maximum absolute atomic E-state index is 3.12. The second-order valence-electron chi connectivity index (χ2n) is 0.949.